The van der Waals surface area contributed by atoms with Gasteiger partial charge in [0.1, 0.15) is 0 Å². The van der Waals surface area contributed by atoms with Crippen LogP contribution in [0.3, 0.4) is 0 Å². The molecule has 0 aromatic rings. The molecule has 0 aromatic heterocycles. The summed E-state index contributed by atoms with van der Waals surface area (Å²) >= 11 is 0. The summed E-state index contributed by atoms with van der Waals surface area (Å²) in [6.45, 7) is -0.250. The first-order chi connectivity index (χ1) is 1.41. The molecule has 3 N–H and O–H groups in total. The second kappa shape index (κ2) is 9.07. The maximum atomic E-state index is 7.35. The Morgan fingerprint density at radius 3 is 1.75 bits per heavy atom. The molecule has 0 atom stereocenters. The SMILES string of the molecule is NCO.[Na]. The van der Waals surface area contributed by atoms with Crippen molar-refractivity contribution < 1.29 is 5.11 Å². The molecule has 0 rings (SSSR count). The van der Waals surface area contributed by atoms with E-state index in [1.165, 1.54) is 0 Å². The van der Waals surface area contributed by atoms with Gasteiger partial charge in [-0.3, -0.25) is 0 Å². The normalized spacial score (nSPS) is 4.50. The summed E-state index contributed by atoms with van der Waals surface area (Å²) in [5.74, 6) is 0. The number of hydrogen-bond donors (Lipinski definition) is 2. The summed E-state index contributed by atoms with van der Waals surface area (Å²) < 4.78 is 0. The third kappa shape index (κ3) is 12.7. The van der Waals surface area contributed by atoms with Crippen LogP contribution in [0.15, 0.2) is 0 Å². The zero-order chi connectivity index (χ0) is 2.71. The van der Waals surface area contributed by atoms with Crippen LogP contribution in [0.5, 0.6) is 0 Å². The summed E-state index contributed by atoms with van der Waals surface area (Å²) in [5.41, 5.74) is 4.40. The van der Waals surface area contributed by atoms with E-state index in [0.717, 1.165) is 0 Å². The Balaban J connectivity index is 0. The van der Waals surface area contributed by atoms with Crippen LogP contribution in [0.1, 0.15) is 0 Å². The molecule has 0 aliphatic rings. The van der Waals surface area contributed by atoms with Gasteiger partial charge in [0.2, 0.25) is 0 Å². The minimum Gasteiger partial charge on any atom is -0.382 e. The molecule has 0 spiro atoms. The molecular formula is CH5NNaO. The van der Waals surface area contributed by atoms with Crippen LogP contribution in [-0.2, 0) is 0 Å². The van der Waals surface area contributed by atoms with E-state index in [2.05, 4.69) is 5.73 Å². The largest absolute Gasteiger partial charge is 0.382 e. The zero-order valence-electron chi connectivity index (χ0n) is 2.73. The van der Waals surface area contributed by atoms with Crippen molar-refractivity contribution in [2.45, 2.75) is 0 Å². The van der Waals surface area contributed by atoms with Crippen molar-refractivity contribution >= 4 is 29.6 Å². The second-order valence-corrected chi connectivity index (χ2v) is 0.183. The summed E-state index contributed by atoms with van der Waals surface area (Å²) in [6, 6.07) is 0. The minimum atomic E-state index is -0.250. The van der Waals surface area contributed by atoms with Gasteiger partial charge in [-0.25, -0.2) is 0 Å². The quantitative estimate of drug-likeness (QED) is 0.269. The molecule has 0 saturated carbocycles. The van der Waals surface area contributed by atoms with Gasteiger partial charge in [0.25, 0.3) is 0 Å². The fraction of sp³-hybridized carbons (Fsp3) is 1.00. The molecule has 0 unspecified atom stereocenters. The molecule has 0 aromatic carbocycles. The molecule has 0 saturated heterocycles. The van der Waals surface area contributed by atoms with E-state index in [9.17, 15) is 0 Å². The van der Waals surface area contributed by atoms with Crippen molar-refractivity contribution in [2.75, 3.05) is 6.73 Å². The van der Waals surface area contributed by atoms with E-state index in [0.29, 0.717) is 0 Å². The van der Waals surface area contributed by atoms with Crippen LogP contribution in [-0.4, -0.2) is 41.4 Å². The molecule has 0 bridgehead atoms. The molecule has 21 valence electrons. The van der Waals surface area contributed by atoms with Crippen molar-refractivity contribution in [3.05, 3.63) is 0 Å². The molecule has 2 nitrogen and oxygen atoms in total. The molecule has 4 heavy (non-hydrogen) atoms. The van der Waals surface area contributed by atoms with Gasteiger partial charge in [0.15, 0.2) is 0 Å². The Morgan fingerprint density at radius 1 is 1.75 bits per heavy atom. The zero-order valence-corrected chi connectivity index (χ0v) is 4.73. The first-order valence-corrected chi connectivity index (χ1v) is 0.724. The van der Waals surface area contributed by atoms with E-state index in [-0.39, 0.29) is 36.3 Å². The topological polar surface area (TPSA) is 46.2 Å². The van der Waals surface area contributed by atoms with E-state index >= 15 is 0 Å². The van der Waals surface area contributed by atoms with Crippen molar-refractivity contribution in [3.63, 3.8) is 0 Å². The molecule has 1 radical (unpaired) electrons. The van der Waals surface area contributed by atoms with Crippen molar-refractivity contribution in [1.82, 2.24) is 0 Å². The van der Waals surface area contributed by atoms with Crippen molar-refractivity contribution in [3.8, 4) is 0 Å². The first-order valence-electron chi connectivity index (χ1n) is 0.724. The van der Waals surface area contributed by atoms with Gasteiger partial charge in [-0.15, -0.1) is 0 Å². The predicted molar refractivity (Wildman–Crippen MR) is 17.0 cm³/mol. The average molecular weight is 70.0 g/mol. The first kappa shape index (κ1) is 8.87. The van der Waals surface area contributed by atoms with Gasteiger partial charge >= 0.3 is 0 Å². The third-order valence-electron chi connectivity index (χ3n) is 0. The van der Waals surface area contributed by atoms with Crippen molar-refractivity contribution in [2.24, 2.45) is 5.73 Å². The Kier molecular flexibility index (Phi) is 20.1. The van der Waals surface area contributed by atoms with E-state index in [4.69, 9.17) is 5.11 Å². The number of aliphatic hydroxyl groups is 1. The molecule has 0 fully saturated rings. The maximum Gasteiger partial charge on any atom is 0.0906 e. The van der Waals surface area contributed by atoms with E-state index < -0.39 is 0 Å². The van der Waals surface area contributed by atoms with Crippen LogP contribution in [0, 0.1) is 0 Å². The predicted octanol–water partition coefficient (Wildman–Crippen LogP) is -1.49. The van der Waals surface area contributed by atoms with Gasteiger partial charge in [-0.1, -0.05) is 0 Å². The fourth-order valence-corrected chi connectivity index (χ4v) is 0. The number of nitrogens with two attached hydrogens (primary N) is 1. The Labute approximate surface area is 47.3 Å². The van der Waals surface area contributed by atoms with E-state index in [1.54, 1.807) is 0 Å². The average Bonchev–Trinajstić information content (AvgIpc) is 0.918. The number of hydrogen-bond acceptors (Lipinski definition) is 2. The molecule has 0 heterocycles. The Morgan fingerprint density at radius 2 is 1.75 bits per heavy atom. The fourth-order valence-electron chi connectivity index (χ4n) is 0. The van der Waals surface area contributed by atoms with Gasteiger partial charge in [-0.2, -0.15) is 0 Å². The smallest absolute Gasteiger partial charge is 0.0906 e. The maximum absolute atomic E-state index is 7.35. The van der Waals surface area contributed by atoms with Gasteiger partial charge in [0.05, 0.1) is 6.73 Å². The molecule has 3 heteroatoms. The monoisotopic (exact) mass is 70.0 g/mol. The van der Waals surface area contributed by atoms with Crippen LogP contribution in [0.2, 0.25) is 0 Å². The number of rotatable bonds is 0. The van der Waals surface area contributed by atoms with Gasteiger partial charge < -0.3 is 10.8 Å². The van der Waals surface area contributed by atoms with Crippen molar-refractivity contribution in [1.29, 1.82) is 0 Å². The molecule has 0 aliphatic heterocycles. The van der Waals surface area contributed by atoms with E-state index in [1.807, 2.05) is 0 Å². The summed E-state index contributed by atoms with van der Waals surface area (Å²) in [6.07, 6.45) is 0. The minimum absolute atomic E-state index is 0. The molecular weight excluding hydrogens is 65.0 g/mol. The Bertz CT molecular complexity index is 8.00. The summed E-state index contributed by atoms with van der Waals surface area (Å²) in [4.78, 5) is 0. The summed E-state index contributed by atoms with van der Waals surface area (Å²) in [5, 5.41) is 7.35. The van der Waals surface area contributed by atoms with Gasteiger partial charge in [0, 0.05) is 29.6 Å². The summed E-state index contributed by atoms with van der Waals surface area (Å²) in [7, 11) is 0. The number of aliphatic hydroxyl groups excluding tert-OH is 1. The molecule has 0 amide bonds. The van der Waals surface area contributed by atoms with Crippen LogP contribution >= 0.6 is 0 Å². The van der Waals surface area contributed by atoms with Crippen LogP contribution < -0.4 is 5.73 Å². The van der Waals surface area contributed by atoms with Crippen LogP contribution in [0.25, 0.3) is 0 Å². The second-order valence-electron chi connectivity index (χ2n) is 0.183. The third-order valence-corrected chi connectivity index (χ3v) is 0. The molecule has 0 aliphatic carbocycles. The Hall–Kier alpha value is 0.920. The van der Waals surface area contributed by atoms with Gasteiger partial charge in [-0.05, 0) is 0 Å². The standard InChI is InChI=1S/CH5NO.Na/c2-1-3;/h3H,1-2H2;. The van der Waals surface area contributed by atoms with Crippen LogP contribution in [0.4, 0.5) is 0 Å².